The number of ether oxygens (including phenoxy) is 4. The average molecular weight is 497 g/mol. The molecule has 8 nitrogen and oxygen atoms in total. The fraction of sp³-hybridized carbons (Fsp3) is 0.269. The molecule has 1 aliphatic heterocycles. The van der Waals surface area contributed by atoms with Crippen LogP contribution in [0.5, 0.6) is 23.0 Å². The Kier molecular flexibility index (Phi) is 6.88. The first-order valence-electron chi connectivity index (χ1n) is 10.9. The Balaban J connectivity index is 1.84. The highest BCUT2D eigenvalue weighted by Crippen LogP contribution is 2.41. The lowest BCUT2D eigenvalue weighted by atomic mass is 9.98. The van der Waals surface area contributed by atoms with Gasteiger partial charge in [0, 0.05) is 18.1 Å². The van der Waals surface area contributed by atoms with Crippen molar-refractivity contribution in [2.75, 3.05) is 28.4 Å². The van der Waals surface area contributed by atoms with Gasteiger partial charge in [-0.15, -0.1) is 0 Å². The van der Waals surface area contributed by atoms with Gasteiger partial charge < -0.3 is 18.9 Å². The van der Waals surface area contributed by atoms with Gasteiger partial charge in [-0.25, -0.2) is 0 Å². The molecule has 0 radical (unpaired) electrons. The van der Waals surface area contributed by atoms with Gasteiger partial charge in [0.25, 0.3) is 10.0 Å². The molecule has 1 atom stereocenters. The SMILES string of the molecule is COc1ccc(C2=NN(S(=O)(=O)c3ccc(C)cc3)[C@@H](c3ccc(OC)c(OC)c3)C2)c(OC)c1. The zero-order valence-electron chi connectivity index (χ0n) is 20.3. The van der Waals surface area contributed by atoms with E-state index in [1.165, 1.54) is 4.41 Å². The molecule has 0 unspecified atom stereocenters. The molecule has 4 rings (SSSR count). The van der Waals surface area contributed by atoms with E-state index in [9.17, 15) is 8.42 Å². The van der Waals surface area contributed by atoms with Crippen LogP contribution in [-0.2, 0) is 10.0 Å². The van der Waals surface area contributed by atoms with E-state index in [0.29, 0.717) is 40.7 Å². The molecule has 1 heterocycles. The Morgan fingerprint density at radius 2 is 1.49 bits per heavy atom. The minimum absolute atomic E-state index is 0.167. The number of hydrogen-bond acceptors (Lipinski definition) is 7. The molecule has 184 valence electrons. The van der Waals surface area contributed by atoms with Gasteiger partial charge in [-0.3, -0.25) is 0 Å². The number of nitrogens with zero attached hydrogens (tertiary/aromatic N) is 2. The highest BCUT2D eigenvalue weighted by atomic mass is 32.2. The molecule has 3 aromatic carbocycles. The molecule has 9 heteroatoms. The Bertz CT molecular complexity index is 1350. The first-order chi connectivity index (χ1) is 16.8. The van der Waals surface area contributed by atoms with Crippen molar-refractivity contribution in [1.82, 2.24) is 4.41 Å². The van der Waals surface area contributed by atoms with Crippen LogP contribution < -0.4 is 18.9 Å². The summed E-state index contributed by atoms with van der Waals surface area (Å²) in [5.41, 5.74) is 2.97. The van der Waals surface area contributed by atoms with E-state index in [1.54, 1.807) is 77.0 Å². The van der Waals surface area contributed by atoms with E-state index < -0.39 is 16.1 Å². The smallest absolute Gasteiger partial charge is 0.279 e. The van der Waals surface area contributed by atoms with E-state index in [-0.39, 0.29) is 4.90 Å². The number of hydrogen-bond donors (Lipinski definition) is 0. The van der Waals surface area contributed by atoms with Gasteiger partial charge >= 0.3 is 0 Å². The Labute approximate surface area is 205 Å². The first kappa shape index (κ1) is 24.4. The Morgan fingerprint density at radius 3 is 2.11 bits per heavy atom. The van der Waals surface area contributed by atoms with Crippen LogP contribution in [0.25, 0.3) is 0 Å². The topological polar surface area (TPSA) is 86.7 Å². The second kappa shape index (κ2) is 9.87. The minimum Gasteiger partial charge on any atom is -0.497 e. The maximum absolute atomic E-state index is 13.8. The number of methoxy groups -OCH3 is 4. The van der Waals surface area contributed by atoms with Crippen molar-refractivity contribution >= 4 is 15.7 Å². The van der Waals surface area contributed by atoms with Crippen molar-refractivity contribution in [3.63, 3.8) is 0 Å². The molecule has 3 aromatic rings. The summed E-state index contributed by atoms with van der Waals surface area (Å²) in [6, 6.07) is 16.9. The van der Waals surface area contributed by atoms with Gasteiger partial charge in [0.15, 0.2) is 11.5 Å². The maximum atomic E-state index is 13.8. The number of sulfonamides is 1. The third-order valence-electron chi connectivity index (χ3n) is 5.95. The van der Waals surface area contributed by atoms with Crippen LogP contribution >= 0.6 is 0 Å². The Hall–Kier alpha value is -3.72. The summed E-state index contributed by atoms with van der Waals surface area (Å²) in [7, 11) is 2.27. The van der Waals surface area contributed by atoms with Crippen LogP contribution in [0.3, 0.4) is 0 Å². The van der Waals surface area contributed by atoms with E-state index >= 15 is 0 Å². The van der Waals surface area contributed by atoms with E-state index in [2.05, 4.69) is 5.10 Å². The minimum atomic E-state index is -3.95. The predicted octanol–water partition coefficient (Wildman–Crippen LogP) is 4.57. The fourth-order valence-electron chi connectivity index (χ4n) is 4.04. The van der Waals surface area contributed by atoms with Crippen LogP contribution in [0, 0.1) is 6.92 Å². The summed E-state index contributed by atoms with van der Waals surface area (Å²) >= 11 is 0. The van der Waals surface area contributed by atoms with Crippen molar-refractivity contribution in [1.29, 1.82) is 0 Å². The molecule has 0 saturated carbocycles. The molecule has 35 heavy (non-hydrogen) atoms. The van der Waals surface area contributed by atoms with Gasteiger partial charge in [0.05, 0.1) is 45.1 Å². The second-order valence-electron chi connectivity index (χ2n) is 8.04. The number of rotatable bonds is 8. The molecule has 0 spiro atoms. The van der Waals surface area contributed by atoms with Gasteiger partial charge in [0.2, 0.25) is 0 Å². The lowest BCUT2D eigenvalue weighted by Gasteiger charge is -2.24. The lowest BCUT2D eigenvalue weighted by Crippen LogP contribution is -2.27. The van der Waals surface area contributed by atoms with E-state index in [0.717, 1.165) is 11.1 Å². The molecule has 0 fully saturated rings. The van der Waals surface area contributed by atoms with Gasteiger partial charge in [0.1, 0.15) is 11.5 Å². The molecule has 0 N–H and O–H groups in total. The summed E-state index contributed by atoms with van der Waals surface area (Å²) in [5.74, 6) is 2.24. The fourth-order valence-corrected chi connectivity index (χ4v) is 5.47. The maximum Gasteiger partial charge on any atom is 0.279 e. The average Bonchev–Trinajstić information content (AvgIpc) is 3.34. The molecule has 0 aromatic heterocycles. The number of hydrazone groups is 1. The molecule has 0 amide bonds. The van der Waals surface area contributed by atoms with Crippen LogP contribution in [0.1, 0.15) is 29.2 Å². The van der Waals surface area contributed by atoms with Crippen molar-refractivity contribution in [3.8, 4) is 23.0 Å². The monoisotopic (exact) mass is 496 g/mol. The van der Waals surface area contributed by atoms with Crippen molar-refractivity contribution < 1.29 is 27.4 Å². The summed E-state index contributed by atoms with van der Waals surface area (Å²) in [6.45, 7) is 1.91. The lowest BCUT2D eigenvalue weighted by molar-refractivity contribution is 0.348. The predicted molar refractivity (Wildman–Crippen MR) is 133 cm³/mol. The third kappa shape index (κ3) is 4.64. The van der Waals surface area contributed by atoms with Gasteiger partial charge in [-0.05, 0) is 48.9 Å². The summed E-state index contributed by atoms with van der Waals surface area (Å²) in [5, 5.41) is 4.62. The van der Waals surface area contributed by atoms with E-state index in [1.807, 2.05) is 19.1 Å². The normalized spacial score (nSPS) is 15.5. The quantitative estimate of drug-likeness (QED) is 0.454. The number of aryl methyl sites for hydroxylation is 1. The van der Waals surface area contributed by atoms with Crippen LogP contribution in [0.4, 0.5) is 0 Å². The van der Waals surface area contributed by atoms with Crippen molar-refractivity contribution in [2.24, 2.45) is 5.10 Å². The highest BCUT2D eigenvalue weighted by molar-refractivity contribution is 7.89. The molecule has 0 bridgehead atoms. The van der Waals surface area contributed by atoms with Crippen LogP contribution in [0.15, 0.2) is 70.7 Å². The largest absolute Gasteiger partial charge is 0.497 e. The standard InChI is InChI=1S/C26H28N2O6S/c1-17-6-10-20(11-7-17)35(29,30)28-23(18-8-13-24(32-3)26(14-18)34-5)16-22(27-28)21-12-9-19(31-2)15-25(21)33-4/h6-15,23H,16H2,1-5H3/t23-/m1/s1. The van der Waals surface area contributed by atoms with Crippen molar-refractivity contribution in [3.05, 3.63) is 77.4 Å². The zero-order valence-corrected chi connectivity index (χ0v) is 21.1. The summed E-state index contributed by atoms with van der Waals surface area (Å²) in [6.07, 6.45) is 0.337. The molecule has 0 aliphatic carbocycles. The van der Waals surface area contributed by atoms with Crippen LogP contribution in [0.2, 0.25) is 0 Å². The Morgan fingerprint density at radius 1 is 0.800 bits per heavy atom. The van der Waals surface area contributed by atoms with Crippen molar-refractivity contribution in [2.45, 2.75) is 24.3 Å². The third-order valence-corrected chi connectivity index (χ3v) is 7.65. The molecular formula is C26H28N2O6S. The summed E-state index contributed by atoms with van der Waals surface area (Å²) in [4.78, 5) is 0.167. The first-order valence-corrected chi connectivity index (χ1v) is 12.4. The second-order valence-corrected chi connectivity index (χ2v) is 9.83. The van der Waals surface area contributed by atoms with E-state index in [4.69, 9.17) is 18.9 Å². The highest BCUT2D eigenvalue weighted by Gasteiger charge is 2.38. The number of benzene rings is 3. The zero-order chi connectivity index (χ0) is 25.2. The van der Waals surface area contributed by atoms with Gasteiger partial charge in [-0.1, -0.05) is 23.8 Å². The molecular weight excluding hydrogens is 468 g/mol. The van der Waals surface area contributed by atoms with Crippen LogP contribution in [-0.4, -0.2) is 47.0 Å². The molecule has 0 saturated heterocycles. The molecule has 1 aliphatic rings. The summed E-state index contributed by atoms with van der Waals surface area (Å²) < 4.78 is 50.4. The van der Waals surface area contributed by atoms with Gasteiger partial charge in [-0.2, -0.15) is 17.9 Å².